The van der Waals surface area contributed by atoms with E-state index in [1.165, 1.54) is 4.57 Å². The van der Waals surface area contributed by atoms with Crippen molar-refractivity contribution in [2.75, 3.05) is 0 Å². The zero-order valence-electron chi connectivity index (χ0n) is 13.6. The number of carbonyl (C=O) groups is 1. The summed E-state index contributed by atoms with van der Waals surface area (Å²) >= 11 is 0. The fourth-order valence-electron chi connectivity index (χ4n) is 2.73. The Bertz CT molecular complexity index is 1150. The Morgan fingerprint density at radius 1 is 1.08 bits per heavy atom. The van der Waals surface area contributed by atoms with Gasteiger partial charge in [-0.2, -0.15) is 0 Å². The van der Waals surface area contributed by atoms with Gasteiger partial charge in [0.05, 0.1) is 6.54 Å². The minimum Gasteiger partial charge on any atom is -0.364 e. The van der Waals surface area contributed by atoms with Crippen LogP contribution in [0.3, 0.4) is 0 Å². The third kappa shape index (κ3) is 2.73. The van der Waals surface area contributed by atoms with Crippen LogP contribution in [0.2, 0.25) is 0 Å². The Morgan fingerprint density at radius 3 is 2.54 bits per heavy atom. The molecular formula is C18H14N6O2. The van der Waals surface area contributed by atoms with Crippen molar-refractivity contribution >= 4 is 17.1 Å². The van der Waals surface area contributed by atoms with Gasteiger partial charge in [-0.3, -0.25) is 14.3 Å². The van der Waals surface area contributed by atoms with Crippen LogP contribution in [0.25, 0.3) is 22.7 Å². The van der Waals surface area contributed by atoms with Gasteiger partial charge in [-0.25, -0.2) is 14.8 Å². The molecule has 0 fully saturated rings. The van der Waals surface area contributed by atoms with E-state index in [1.54, 1.807) is 24.4 Å². The second kappa shape index (κ2) is 6.25. The molecule has 26 heavy (non-hydrogen) atoms. The molecular weight excluding hydrogens is 332 g/mol. The summed E-state index contributed by atoms with van der Waals surface area (Å²) in [5, 5.41) is 0. The number of imidazole rings is 1. The van der Waals surface area contributed by atoms with Crippen LogP contribution in [0.5, 0.6) is 0 Å². The largest absolute Gasteiger partial charge is 0.364 e. The molecule has 8 nitrogen and oxygen atoms in total. The van der Waals surface area contributed by atoms with Crippen LogP contribution in [0.1, 0.15) is 16.1 Å². The van der Waals surface area contributed by atoms with Crippen LogP contribution in [0, 0.1) is 0 Å². The van der Waals surface area contributed by atoms with Crippen LogP contribution < -0.4 is 11.4 Å². The Morgan fingerprint density at radius 2 is 1.85 bits per heavy atom. The van der Waals surface area contributed by atoms with Crippen molar-refractivity contribution in [3.63, 3.8) is 0 Å². The molecule has 0 aliphatic rings. The molecule has 0 aliphatic heterocycles. The lowest BCUT2D eigenvalue weighted by Crippen LogP contribution is -2.17. The van der Waals surface area contributed by atoms with E-state index in [2.05, 4.69) is 19.9 Å². The lowest BCUT2D eigenvalue weighted by Gasteiger charge is -2.06. The Hall–Kier alpha value is -3.81. The summed E-state index contributed by atoms with van der Waals surface area (Å²) in [6, 6.07) is 14.7. The molecule has 0 atom stereocenters. The van der Waals surface area contributed by atoms with Crippen LogP contribution >= 0.6 is 0 Å². The molecule has 0 saturated heterocycles. The summed E-state index contributed by atoms with van der Waals surface area (Å²) < 4.78 is 1.45. The smallest absolute Gasteiger partial charge is 0.328 e. The second-order valence-electron chi connectivity index (χ2n) is 5.68. The van der Waals surface area contributed by atoms with Crippen LogP contribution in [-0.2, 0) is 6.54 Å². The van der Waals surface area contributed by atoms with Gasteiger partial charge in [-0.15, -0.1) is 0 Å². The van der Waals surface area contributed by atoms with Gasteiger partial charge in [-0.05, 0) is 17.7 Å². The molecule has 128 valence electrons. The average Bonchev–Trinajstić information content (AvgIpc) is 2.98. The van der Waals surface area contributed by atoms with Crippen molar-refractivity contribution in [3.8, 4) is 11.5 Å². The number of hydrogen-bond donors (Lipinski definition) is 2. The summed E-state index contributed by atoms with van der Waals surface area (Å²) in [5.74, 6) is -0.518. The highest BCUT2D eigenvalue weighted by molar-refractivity contribution is 6.01. The Balaban J connectivity index is 1.96. The van der Waals surface area contributed by atoms with E-state index in [9.17, 15) is 9.59 Å². The first-order chi connectivity index (χ1) is 12.6. The molecule has 0 spiro atoms. The summed E-state index contributed by atoms with van der Waals surface area (Å²) in [4.78, 5) is 39.8. The quantitative estimate of drug-likeness (QED) is 0.578. The van der Waals surface area contributed by atoms with Crippen molar-refractivity contribution in [2.24, 2.45) is 5.73 Å². The molecule has 3 aromatic heterocycles. The van der Waals surface area contributed by atoms with Gasteiger partial charge in [-0.1, -0.05) is 36.4 Å². The molecule has 8 heteroatoms. The minimum absolute atomic E-state index is 0.0421. The van der Waals surface area contributed by atoms with E-state index in [-0.39, 0.29) is 22.7 Å². The first-order valence-electron chi connectivity index (χ1n) is 7.89. The van der Waals surface area contributed by atoms with Crippen molar-refractivity contribution in [1.82, 2.24) is 24.5 Å². The molecule has 3 N–H and O–H groups in total. The minimum atomic E-state index is -0.748. The number of aromatic amines is 1. The first-order valence-corrected chi connectivity index (χ1v) is 7.89. The predicted molar refractivity (Wildman–Crippen MR) is 95.4 cm³/mol. The Kier molecular flexibility index (Phi) is 3.77. The number of primary amides is 1. The molecule has 3 heterocycles. The first kappa shape index (κ1) is 15.7. The Labute approximate surface area is 147 Å². The maximum atomic E-state index is 12.4. The maximum absolute atomic E-state index is 12.4. The number of amides is 1. The lowest BCUT2D eigenvalue weighted by atomic mass is 10.2. The maximum Gasteiger partial charge on any atom is 0.328 e. The van der Waals surface area contributed by atoms with Crippen molar-refractivity contribution < 1.29 is 4.79 Å². The number of aromatic nitrogens is 5. The number of hydrogen-bond acceptors (Lipinski definition) is 5. The van der Waals surface area contributed by atoms with Gasteiger partial charge in [0.25, 0.3) is 5.91 Å². The molecule has 1 amide bonds. The number of benzene rings is 1. The fraction of sp³-hybridized carbons (Fsp3) is 0.0556. The summed E-state index contributed by atoms with van der Waals surface area (Å²) in [5.41, 5.74) is 6.96. The summed E-state index contributed by atoms with van der Waals surface area (Å²) in [6.07, 6.45) is 1.60. The highest BCUT2D eigenvalue weighted by Crippen LogP contribution is 2.19. The average molecular weight is 346 g/mol. The highest BCUT2D eigenvalue weighted by atomic mass is 16.2. The van der Waals surface area contributed by atoms with Gasteiger partial charge in [0.2, 0.25) is 0 Å². The van der Waals surface area contributed by atoms with Gasteiger partial charge >= 0.3 is 5.69 Å². The van der Waals surface area contributed by atoms with Gasteiger partial charge in [0, 0.05) is 6.20 Å². The van der Waals surface area contributed by atoms with Gasteiger partial charge in [0.1, 0.15) is 11.2 Å². The molecule has 0 aliphatic carbocycles. The molecule has 0 radical (unpaired) electrons. The van der Waals surface area contributed by atoms with Crippen LogP contribution in [0.15, 0.2) is 59.5 Å². The summed E-state index contributed by atoms with van der Waals surface area (Å²) in [6.45, 7) is 0.302. The number of carbonyl (C=O) groups excluding carboxylic acids is 1. The van der Waals surface area contributed by atoms with E-state index in [0.717, 1.165) is 5.56 Å². The monoisotopic (exact) mass is 346 g/mol. The number of H-pyrrole nitrogens is 1. The number of rotatable bonds is 4. The van der Waals surface area contributed by atoms with E-state index >= 15 is 0 Å². The molecule has 0 unspecified atom stereocenters. The molecule has 4 aromatic rings. The topological polar surface area (TPSA) is 120 Å². The second-order valence-corrected chi connectivity index (χ2v) is 5.68. The van der Waals surface area contributed by atoms with Crippen LogP contribution in [-0.4, -0.2) is 30.4 Å². The lowest BCUT2D eigenvalue weighted by molar-refractivity contribution is 0.0997. The zero-order valence-corrected chi connectivity index (χ0v) is 13.6. The molecule has 4 rings (SSSR count). The molecule has 0 bridgehead atoms. The van der Waals surface area contributed by atoms with E-state index in [1.807, 2.05) is 30.3 Å². The predicted octanol–water partition coefficient (Wildman–Crippen LogP) is 1.33. The fourth-order valence-corrected chi connectivity index (χ4v) is 2.73. The zero-order chi connectivity index (χ0) is 18.1. The highest BCUT2D eigenvalue weighted by Gasteiger charge is 2.19. The molecule has 1 aromatic carbocycles. The van der Waals surface area contributed by atoms with E-state index in [0.29, 0.717) is 17.9 Å². The van der Waals surface area contributed by atoms with E-state index in [4.69, 9.17) is 5.73 Å². The number of pyridine rings is 1. The number of nitrogens with one attached hydrogen (secondary N) is 1. The van der Waals surface area contributed by atoms with E-state index < -0.39 is 5.91 Å². The number of nitrogens with zero attached hydrogens (tertiary/aromatic N) is 4. The molecule has 0 saturated carbocycles. The third-order valence-corrected chi connectivity index (χ3v) is 3.93. The standard InChI is InChI=1S/C18H14N6O2/c19-15(25)13-14-17(23-16(21-13)12-8-4-5-9-20-12)24(18(26)22-14)10-11-6-2-1-3-7-11/h1-9H,10H2,(H2,19,25)(H,22,26). The van der Waals surface area contributed by atoms with Gasteiger partial charge in [0.15, 0.2) is 17.2 Å². The normalized spacial score (nSPS) is 10.9. The SMILES string of the molecule is NC(=O)c1nc(-c2ccccn2)nc2c1[nH]c(=O)n2Cc1ccccc1. The van der Waals surface area contributed by atoms with Crippen molar-refractivity contribution in [3.05, 3.63) is 76.5 Å². The van der Waals surface area contributed by atoms with Crippen LogP contribution in [0.4, 0.5) is 0 Å². The van der Waals surface area contributed by atoms with Crippen molar-refractivity contribution in [1.29, 1.82) is 0 Å². The van der Waals surface area contributed by atoms with Gasteiger partial charge < -0.3 is 10.7 Å². The van der Waals surface area contributed by atoms with Crippen molar-refractivity contribution in [2.45, 2.75) is 6.54 Å². The number of fused-ring (bicyclic) bond motifs is 1. The number of nitrogens with two attached hydrogens (primary N) is 1. The summed E-state index contributed by atoms with van der Waals surface area (Å²) in [7, 11) is 0. The third-order valence-electron chi connectivity index (χ3n) is 3.93.